The van der Waals surface area contributed by atoms with Crippen LogP contribution in [0.15, 0.2) is 18.2 Å². The summed E-state index contributed by atoms with van der Waals surface area (Å²) in [6, 6.07) is 4.73. The van der Waals surface area contributed by atoms with Gasteiger partial charge in [0, 0.05) is 18.7 Å². The van der Waals surface area contributed by atoms with Crippen molar-refractivity contribution in [1.29, 1.82) is 0 Å². The van der Waals surface area contributed by atoms with Crippen molar-refractivity contribution in [2.45, 2.75) is 31.8 Å². The molecule has 2 aliphatic heterocycles. The third-order valence-electron chi connectivity index (χ3n) is 4.89. The van der Waals surface area contributed by atoms with Crippen LogP contribution < -0.4 is 5.32 Å². The fourth-order valence-electron chi connectivity index (χ4n) is 3.25. The Morgan fingerprint density at radius 3 is 2.67 bits per heavy atom. The van der Waals surface area contributed by atoms with E-state index in [-0.39, 0.29) is 30.4 Å². The van der Waals surface area contributed by atoms with Crippen molar-refractivity contribution >= 4 is 17.7 Å². The zero-order chi connectivity index (χ0) is 16.7. The standard InChI is InChI=1S/C18H20N2O4/c21-16(19-9-11-3-4-11)12-5-6-14-15(8-12)18(23)20(17(14)22)10-13-2-1-7-24-13/h5-6,8,11,13H,1-4,7,9-10H2,(H,19,21)/t13-/m1/s1. The molecule has 1 aromatic carbocycles. The van der Waals surface area contributed by atoms with E-state index in [9.17, 15) is 14.4 Å². The van der Waals surface area contributed by atoms with Crippen LogP contribution in [0, 0.1) is 5.92 Å². The van der Waals surface area contributed by atoms with E-state index < -0.39 is 0 Å². The molecule has 0 spiro atoms. The second-order valence-electron chi connectivity index (χ2n) is 6.77. The molecule has 4 rings (SSSR count). The molecular formula is C18H20N2O4. The Bertz CT molecular complexity index is 705. The van der Waals surface area contributed by atoms with Gasteiger partial charge in [-0.1, -0.05) is 0 Å². The minimum Gasteiger partial charge on any atom is -0.376 e. The van der Waals surface area contributed by atoms with Gasteiger partial charge in [-0.25, -0.2) is 0 Å². The van der Waals surface area contributed by atoms with E-state index in [0.29, 0.717) is 35.8 Å². The molecule has 1 N–H and O–H groups in total. The third kappa shape index (κ3) is 2.82. The fraction of sp³-hybridized carbons (Fsp3) is 0.500. The number of amides is 3. The molecule has 1 aromatic rings. The lowest BCUT2D eigenvalue weighted by Crippen LogP contribution is -2.36. The molecular weight excluding hydrogens is 308 g/mol. The van der Waals surface area contributed by atoms with Crippen LogP contribution in [0.4, 0.5) is 0 Å². The number of nitrogens with zero attached hydrogens (tertiary/aromatic N) is 1. The summed E-state index contributed by atoms with van der Waals surface area (Å²) in [6.07, 6.45) is 4.07. The van der Waals surface area contributed by atoms with Crippen molar-refractivity contribution in [3.8, 4) is 0 Å². The lowest BCUT2D eigenvalue weighted by molar-refractivity contribution is 0.0475. The molecule has 1 saturated heterocycles. The van der Waals surface area contributed by atoms with Gasteiger partial charge in [0.05, 0.1) is 23.8 Å². The summed E-state index contributed by atoms with van der Waals surface area (Å²) in [5.41, 5.74) is 1.11. The van der Waals surface area contributed by atoms with Gasteiger partial charge >= 0.3 is 0 Å². The first-order valence-corrected chi connectivity index (χ1v) is 8.53. The average Bonchev–Trinajstić information content (AvgIpc) is 3.23. The van der Waals surface area contributed by atoms with E-state index in [1.807, 2.05) is 0 Å². The molecule has 2 fully saturated rings. The van der Waals surface area contributed by atoms with Crippen LogP contribution in [-0.4, -0.2) is 48.4 Å². The van der Waals surface area contributed by atoms with Crippen LogP contribution in [0.2, 0.25) is 0 Å². The monoisotopic (exact) mass is 328 g/mol. The van der Waals surface area contributed by atoms with Gasteiger partial charge in [0.15, 0.2) is 0 Å². The Kier molecular flexibility index (Phi) is 3.84. The van der Waals surface area contributed by atoms with Gasteiger partial charge in [0.2, 0.25) is 0 Å². The molecule has 1 aliphatic carbocycles. The second kappa shape index (κ2) is 6.02. The number of ether oxygens (including phenoxy) is 1. The molecule has 0 radical (unpaired) electrons. The highest BCUT2D eigenvalue weighted by Crippen LogP contribution is 2.28. The fourth-order valence-corrected chi connectivity index (χ4v) is 3.25. The quantitative estimate of drug-likeness (QED) is 0.833. The summed E-state index contributed by atoms with van der Waals surface area (Å²) in [5.74, 6) is -0.228. The Labute approximate surface area is 140 Å². The van der Waals surface area contributed by atoms with Crippen molar-refractivity contribution < 1.29 is 19.1 Å². The van der Waals surface area contributed by atoms with Crippen molar-refractivity contribution in [3.05, 3.63) is 34.9 Å². The Morgan fingerprint density at radius 2 is 1.96 bits per heavy atom. The van der Waals surface area contributed by atoms with Crippen LogP contribution >= 0.6 is 0 Å². The van der Waals surface area contributed by atoms with Gasteiger partial charge in [-0.05, 0) is 49.8 Å². The zero-order valence-electron chi connectivity index (χ0n) is 13.4. The number of nitrogens with one attached hydrogen (secondary N) is 1. The first-order valence-electron chi connectivity index (χ1n) is 8.53. The smallest absolute Gasteiger partial charge is 0.261 e. The number of hydrogen-bond donors (Lipinski definition) is 1. The molecule has 0 unspecified atom stereocenters. The Hall–Kier alpha value is -2.21. The lowest BCUT2D eigenvalue weighted by Gasteiger charge is -2.17. The van der Waals surface area contributed by atoms with Gasteiger partial charge in [0.25, 0.3) is 17.7 Å². The maximum absolute atomic E-state index is 12.6. The molecule has 6 nitrogen and oxygen atoms in total. The van der Waals surface area contributed by atoms with Gasteiger partial charge in [0.1, 0.15) is 0 Å². The molecule has 0 bridgehead atoms. The largest absolute Gasteiger partial charge is 0.376 e. The van der Waals surface area contributed by atoms with Crippen LogP contribution in [0.3, 0.4) is 0 Å². The SMILES string of the molecule is O=C(NCC1CC1)c1ccc2c(c1)C(=O)N(C[C@H]1CCCO1)C2=O. The molecule has 3 aliphatic rings. The molecule has 0 aromatic heterocycles. The highest BCUT2D eigenvalue weighted by Gasteiger charge is 2.38. The van der Waals surface area contributed by atoms with E-state index in [4.69, 9.17) is 4.74 Å². The van der Waals surface area contributed by atoms with Gasteiger partial charge in [-0.3, -0.25) is 19.3 Å². The highest BCUT2D eigenvalue weighted by atomic mass is 16.5. The first-order chi connectivity index (χ1) is 11.6. The molecule has 126 valence electrons. The minimum atomic E-state index is -0.331. The number of imide groups is 1. The van der Waals surface area contributed by atoms with E-state index >= 15 is 0 Å². The number of hydrogen-bond acceptors (Lipinski definition) is 4. The number of fused-ring (bicyclic) bond motifs is 1. The number of benzene rings is 1. The molecule has 2 heterocycles. The molecule has 3 amide bonds. The summed E-state index contributed by atoms with van der Waals surface area (Å²) in [6.45, 7) is 1.64. The summed E-state index contributed by atoms with van der Waals surface area (Å²) < 4.78 is 5.52. The number of carbonyl (C=O) groups excluding carboxylic acids is 3. The van der Waals surface area contributed by atoms with E-state index in [1.165, 1.54) is 11.0 Å². The Balaban J connectivity index is 1.50. The summed E-state index contributed by atoms with van der Waals surface area (Å²) >= 11 is 0. The second-order valence-corrected chi connectivity index (χ2v) is 6.77. The average molecular weight is 328 g/mol. The summed E-state index contributed by atoms with van der Waals surface area (Å²) in [4.78, 5) is 38.4. The maximum atomic E-state index is 12.6. The predicted molar refractivity (Wildman–Crippen MR) is 85.8 cm³/mol. The molecule has 1 atom stereocenters. The molecule has 1 saturated carbocycles. The molecule has 6 heteroatoms. The summed E-state index contributed by atoms with van der Waals surface area (Å²) in [7, 11) is 0. The maximum Gasteiger partial charge on any atom is 0.261 e. The van der Waals surface area contributed by atoms with Crippen LogP contribution in [0.5, 0.6) is 0 Å². The normalized spacial score (nSPS) is 22.8. The van der Waals surface area contributed by atoms with Gasteiger partial charge in [-0.15, -0.1) is 0 Å². The molecule has 24 heavy (non-hydrogen) atoms. The first kappa shape index (κ1) is 15.3. The van der Waals surface area contributed by atoms with Crippen molar-refractivity contribution in [3.63, 3.8) is 0 Å². The van der Waals surface area contributed by atoms with Gasteiger partial charge in [-0.2, -0.15) is 0 Å². The zero-order valence-corrected chi connectivity index (χ0v) is 13.4. The minimum absolute atomic E-state index is 0.0754. The predicted octanol–water partition coefficient (Wildman–Crippen LogP) is 1.60. The summed E-state index contributed by atoms with van der Waals surface area (Å²) in [5, 5.41) is 2.88. The third-order valence-corrected chi connectivity index (χ3v) is 4.89. The van der Waals surface area contributed by atoms with Gasteiger partial charge < -0.3 is 10.1 Å². The van der Waals surface area contributed by atoms with E-state index in [2.05, 4.69) is 5.32 Å². The lowest BCUT2D eigenvalue weighted by atomic mass is 10.1. The van der Waals surface area contributed by atoms with Crippen LogP contribution in [0.1, 0.15) is 56.8 Å². The van der Waals surface area contributed by atoms with Crippen LogP contribution in [-0.2, 0) is 4.74 Å². The topological polar surface area (TPSA) is 75.7 Å². The highest BCUT2D eigenvalue weighted by molar-refractivity contribution is 6.22. The van der Waals surface area contributed by atoms with E-state index in [1.54, 1.807) is 12.1 Å². The van der Waals surface area contributed by atoms with Crippen molar-refractivity contribution in [2.24, 2.45) is 5.92 Å². The van der Waals surface area contributed by atoms with E-state index in [0.717, 1.165) is 25.7 Å². The van der Waals surface area contributed by atoms with Crippen molar-refractivity contribution in [2.75, 3.05) is 19.7 Å². The Morgan fingerprint density at radius 1 is 1.17 bits per heavy atom. The number of rotatable bonds is 5. The van der Waals surface area contributed by atoms with Crippen molar-refractivity contribution in [1.82, 2.24) is 10.2 Å². The van der Waals surface area contributed by atoms with Crippen LogP contribution in [0.25, 0.3) is 0 Å². The number of carbonyl (C=O) groups is 3.